The second kappa shape index (κ2) is 5.77. The molecule has 0 unspecified atom stereocenters. The van der Waals surface area contributed by atoms with E-state index < -0.39 is 0 Å². The Kier molecular flexibility index (Phi) is 4.63. The van der Waals surface area contributed by atoms with Crippen LogP contribution in [0.1, 0.15) is 27.7 Å². The van der Waals surface area contributed by atoms with Crippen molar-refractivity contribution in [2.75, 3.05) is 5.32 Å². The van der Waals surface area contributed by atoms with Crippen molar-refractivity contribution in [3.05, 3.63) is 30.3 Å². The van der Waals surface area contributed by atoms with Gasteiger partial charge in [0.2, 0.25) is 0 Å². The van der Waals surface area contributed by atoms with Gasteiger partial charge in [-0.1, -0.05) is 39.0 Å². The number of anilines is 1. The van der Waals surface area contributed by atoms with Gasteiger partial charge in [-0.3, -0.25) is 5.43 Å². The van der Waals surface area contributed by atoms with E-state index in [1.54, 1.807) is 0 Å². The Bertz CT molecular complexity index is 404. The van der Waals surface area contributed by atoms with Crippen LogP contribution in [0.5, 0.6) is 0 Å². The fourth-order valence-corrected chi connectivity index (χ4v) is 1.15. The molecule has 17 heavy (non-hydrogen) atoms. The monoisotopic (exact) mass is 249 g/mol. The topological polar surface area (TPSA) is 36.4 Å². The first kappa shape index (κ1) is 13.6. The van der Waals surface area contributed by atoms with Crippen molar-refractivity contribution in [3.8, 4) is 0 Å². The summed E-state index contributed by atoms with van der Waals surface area (Å²) in [7, 11) is 0. The van der Waals surface area contributed by atoms with E-state index in [1.165, 1.54) is 0 Å². The quantitative estimate of drug-likeness (QED) is 0.479. The summed E-state index contributed by atoms with van der Waals surface area (Å²) in [6, 6.07) is 9.77. The second-order valence-electron chi connectivity index (χ2n) is 4.88. The highest BCUT2D eigenvalue weighted by molar-refractivity contribution is 7.80. The molecule has 0 fully saturated rings. The predicted molar refractivity (Wildman–Crippen MR) is 78.4 cm³/mol. The Labute approximate surface area is 108 Å². The van der Waals surface area contributed by atoms with E-state index in [1.807, 2.05) is 37.3 Å². The minimum Gasteiger partial charge on any atom is -0.331 e. The van der Waals surface area contributed by atoms with Gasteiger partial charge < -0.3 is 5.32 Å². The smallest absolute Gasteiger partial charge is 0.191 e. The van der Waals surface area contributed by atoms with Crippen molar-refractivity contribution in [3.63, 3.8) is 0 Å². The van der Waals surface area contributed by atoms with Crippen molar-refractivity contribution in [2.24, 2.45) is 10.5 Å². The second-order valence-corrected chi connectivity index (χ2v) is 5.29. The van der Waals surface area contributed by atoms with Gasteiger partial charge >= 0.3 is 0 Å². The molecule has 0 atom stereocenters. The standard InChI is InChI=1S/C13H19N3S/c1-10(13(2,3)4)15-16-12(17)14-11-8-6-5-7-9-11/h5-9H,1-4H3,(H2,14,16,17)/b15-10-. The molecule has 0 spiro atoms. The summed E-state index contributed by atoms with van der Waals surface area (Å²) in [4.78, 5) is 0. The predicted octanol–water partition coefficient (Wildman–Crippen LogP) is 3.40. The zero-order valence-electron chi connectivity index (χ0n) is 10.7. The number of hydrazone groups is 1. The molecule has 1 aromatic carbocycles. The summed E-state index contributed by atoms with van der Waals surface area (Å²) in [5.41, 5.74) is 4.86. The van der Waals surface area contributed by atoms with Crippen LogP contribution in [-0.2, 0) is 0 Å². The average molecular weight is 249 g/mol. The molecular formula is C13H19N3S. The molecule has 0 saturated heterocycles. The number of nitrogens with one attached hydrogen (secondary N) is 2. The number of para-hydroxylation sites is 1. The van der Waals surface area contributed by atoms with E-state index in [0.717, 1.165) is 11.4 Å². The lowest BCUT2D eigenvalue weighted by Gasteiger charge is -2.18. The lowest BCUT2D eigenvalue weighted by molar-refractivity contribution is 0.583. The molecule has 0 saturated carbocycles. The molecule has 3 nitrogen and oxygen atoms in total. The van der Waals surface area contributed by atoms with E-state index in [0.29, 0.717) is 5.11 Å². The number of rotatable bonds is 2. The van der Waals surface area contributed by atoms with Gasteiger partial charge in [-0.2, -0.15) is 5.10 Å². The lowest BCUT2D eigenvalue weighted by atomic mass is 9.91. The van der Waals surface area contributed by atoms with Gasteiger partial charge in [-0.25, -0.2) is 0 Å². The maximum absolute atomic E-state index is 5.15. The van der Waals surface area contributed by atoms with E-state index in [4.69, 9.17) is 12.2 Å². The number of thiocarbonyl (C=S) groups is 1. The van der Waals surface area contributed by atoms with Crippen LogP contribution < -0.4 is 10.7 Å². The van der Waals surface area contributed by atoms with Crippen molar-refractivity contribution < 1.29 is 0 Å². The van der Waals surface area contributed by atoms with Crippen LogP contribution in [0.3, 0.4) is 0 Å². The Balaban J connectivity index is 2.52. The molecule has 0 aliphatic rings. The average Bonchev–Trinajstić information content (AvgIpc) is 2.26. The lowest BCUT2D eigenvalue weighted by Crippen LogP contribution is -2.27. The molecule has 0 radical (unpaired) electrons. The van der Waals surface area contributed by atoms with Crippen LogP contribution in [-0.4, -0.2) is 10.8 Å². The van der Waals surface area contributed by atoms with Crippen LogP contribution >= 0.6 is 12.2 Å². The van der Waals surface area contributed by atoms with Crippen LogP contribution in [0.15, 0.2) is 35.4 Å². The number of benzene rings is 1. The molecule has 0 aromatic heterocycles. The number of hydrogen-bond acceptors (Lipinski definition) is 2. The maximum Gasteiger partial charge on any atom is 0.191 e. The fourth-order valence-electron chi connectivity index (χ4n) is 0.983. The SMILES string of the molecule is C/C(=N/NC(=S)Nc1ccccc1)C(C)(C)C. The Morgan fingerprint density at radius 1 is 1.18 bits per heavy atom. The van der Waals surface area contributed by atoms with Gasteiger partial charge in [0, 0.05) is 16.8 Å². The molecule has 92 valence electrons. The van der Waals surface area contributed by atoms with Gasteiger partial charge in [-0.15, -0.1) is 0 Å². The normalized spacial score (nSPS) is 12.1. The first-order valence-corrected chi connectivity index (χ1v) is 5.97. The molecule has 2 N–H and O–H groups in total. The third kappa shape index (κ3) is 4.95. The van der Waals surface area contributed by atoms with Gasteiger partial charge in [0.05, 0.1) is 0 Å². The van der Waals surface area contributed by atoms with Crippen LogP contribution in [0.2, 0.25) is 0 Å². The molecule has 1 rings (SSSR count). The summed E-state index contributed by atoms with van der Waals surface area (Å²) < 4.78 is 0. The summed E-state index contributed by atoms with van der Waals surface area (Å²) in [5, 5.41) is 7.82. The van der Waals surface area contributed by atoms with Crippen molar-refractivity contribution in [1.29, 1.82) is 0 Å². The van der Waals surface area contributed by atoms with Gasteiger partial charge in [0.1, 0.15) is 0 Å². The van der Waals surface area contributed by atoms with Crippen molar-refractivity contribution in [2.45, 2.75) is 27.7 Å². The van der Waals surface area contributed by atoms with Crippen LogP contribution in [0, 0.1) is 5.41 Å². The maximum atomic E-state index is 5.15. The fraction of sp³-hybridized carbons (Fsp3) is 0.385. The highest BCUT2D eigenvalue weighted by Gasteiger charge is 2.14. The third-order valence-electron chi connectivity index (χ3n) is 2.44. The molecule has 1 aromatic rings. The van der Waals surface area contributed by atoms with Gasteiger partial charge in [0.25, 0.3) is 0 Å². The molecule has 0 aliphatic heterocycles. The van der Waals surface area contributed by atoms with E-state index in [2.05, 4.69) is 36.6 Å². The number of hydrogen-bond donors (Lipinski definition) is 2. The summed E-state index contributed by atoms with van der Waals surface area (Å²) in [5.74, 6) is 0. The molecule has 0 bridgehead atoms. The first-order valence-electron chi connectivity index (χ1n) is 5.56. The Hall–Kier alpha value is -1.42. The summed E-state index contributed by atoms with van der Waals surface area (Å²) in [6.07, 6.45) is 0. The molecule has 0 aliphatic carbocycles. The van der Waals surface area contributed by atoms with Gasteiger partial charge in [-0.05, 0) is 31.3 Å². The largest absolute Gasteiger partial charge is 0.331 e. The van der Waals surface area contributed by atoms with Crippen molar-refractivity contribution >= 4 is 28.7 Å². The highest BCUT2D eigenvalue weighted by Crippen LogP contribution is 2.14. The third-order valence-corrected chi connectivity index (χ3v) is 2.64. The molecule has 0 heterocycles. The van der Waals surface area contributed by atoms with Crippen LogP contribution in [0.4, 0.5) is 5.69 Å². The Morgan fingerprint density at radius 3 is 2.29 bits per heavy atom. The molecular weight excluding hydrogens is 230 g/mol. The first-order chi connectivity index (χ1) is 7.89. The van der Waals surface area contributed by atoms with E-state index >= 15 is 0 Å². The summed E-state index contributed by atoms with van der Waals surface area (Å²) in [6.45, 7) is 8.32. The zero-order valence-corrected chi connectivity index (χ0v) is 11.6. The highest BCUT2D eigenvalue weighted by atomic mass is 32.1. The minimum atomic E-state index is 0.0510. The summed E-state index contributed by atoms with van der Waals surface area (Å²) >= 11 is 5.15. The number of nitrogens with zero attached hydrogens (tertiary/aromatic N) is 1. The zero-order chi connectivity index (χ0) is 12.9. The van der Waals surface area contributed by atoms with E-state index in [-0.39, 0.29) is 5.41 Å². The molecule has 4 heteroatoms. The van der Waals surface area contributed by atoms with E-state index in [9.17, 15) is 0 Å². The molecule has 0 amide bonds. The van der Waals surface area contributed by atoms with Gasteiger partial charge in [0.15, 0.2) is 5.11 Å². The van der Waals surface area contributed by atoms with Crippen LogP contribution in [0.25, 0.3) is 0 Å². The minimum absolute atomic E-state index is 0.0510. The van der Waals surface area contributed by atoms with Crippen molar-refractivity contribution in [1.82, 2.24) is 5.43 Å². The Morgan fingerprint density at radius 2 is 1.76 bits per heavy atom.